The summed E-state index contributed by atoms with van der Waals surface area (Å²) >= 11 is 0. The van der Waals surface area contributed by atoms with E-state index in [9.17, 15) is 36.2 Å². The summed E-state index contributed by atoms with van der Waals surface area (Å²) in [6.45, 7) is 8.15. The van der Waals surface area contributed by atoms with E-state index in [0.717, 1.165) is 57.1 Å². The Morgan fingerprint density at radius 1 is 0.805 bits per heavy atom. The Morgan fingerprint density at radius 2 is 1.24 bits per heavy atom. The number of halogens is 6. The lowest BCUT2D eigenvalue weighted by Gasteiger charge is -2.33. The van der Waals surface area contributed by atoms with E-state index in [4.69, 9.17) is 4.74 Å². The van der Waals surface area contributed by atoms with Crippen LogP contribution < -0.4 is 15.4 Å². The molecule has 0 heterocycles. The van der Waals surface area contributed by atoms with Gasteiger partial charge in [-0.15, -0.1) is 0 Å². The SMILES string of the molecule is CCCc1cc(C(O)(C(F)(F)F)C(F)(F)F)cc(CCC)c1OCCCCCCCCCCNC(=O)C(C)(C)NC. The van der Waals surface area contributed by atoms with Gasteiger partial charge in [-0.2, -0.15) is 26.3 Å². The molecule has 0 bridgehead atoms. The monoisotopic (exact) mass is 598 g/mol. The third-order valence-electron chi connectivity index (χ3n) is 7.32. The maximum Gasteiger partial charge on any atom is 0.430 e. The zero-order valence-electron chi connectivity index (χ0n) is 25.1. The van der Waals surface area contributed by atoms with E-state index in [0.29, 0.717) is 38.2 Å². The van der Waals surface area contributed by atoms with Gasteiger partial charge in [-0.1, -0.05) is 65.2 Å². The van der Waals surface area contributed by atoms with Gasteiger partial charge in [0.05, 0.1) is 12.1 Å². The topological polar surface area (TPSA) is 70.6 Å². The van der Waals surface area contributed by atoms with Gasteiger partial charge in [0, 0.05) is 12.1 Å². The molecule has 0 aliphatic heterocycles. The zero-order valence-corrected chi connectivity index (χ0v) is 25.1. The molecular formula is C30H48F6N2O3. The van der Waals surface area contributed by atoms with E-state index in [1.54, 1.807) is 20.9 Å². The van der Waals surface area contributed by atoms with Crippen LogP contribution in [0.15, 0.2) is 12.1 Å². The second-order valence-corrected chi connectivity index (χ2v) is 11.1. The molecule has 1 rings (SSSR count). The van der Waals surface area contributed by atoms with Crippen molar-refractivity contribution >= 4 is 5.91 Å². The van der Waals surface area contributed by atoms with E-state index >= 15 is 0 Å². The number of nitrogens with one attached hydrogen (secondary N) is 2. The predicted molar refractivity (Wildman–Crippen MR) is 149 cm³/mol. The largest absolute Gasteiger partial charge is 0.493 e. The van der Waals surface area contributed by atoms with Crippen LogP contribution in [-0.2, 0) is 23.2 Å². The number of unbranched alkanes of at least 4 members (excludes halogenated alkanes) is 7. The number of carbonyl (C=O) groups excluding carboxylic acids is 1. The molecule has 0 aromatic heterocycles. The Labute approximate surface area is 240 Å². The number of hydrogen-bond donors (Lipinski definition) is 3. The fourth-order valence-electron chi connectivity index (χ4n) is 4.55. The fourth-order valence-corrected chi connectivity index (χ4v) is 4.55. The van der Waals surface area contributed by atoms with Crippen molar-refractivity contribution in [3.05, 3.63) is 28.8 Å². The molecule has 238 valence electrons. The molecule has 0 unspecified atom stereocenters. The molecule has 0 atom stereocenters. The number of amides is 1. The molecule has 0 aliphatic carbocycles. The van der Waals surface area contributed by atoms with E-state index in [-0.39, 0.29) is 29.9 Å². The number of alkyl halides is 6. The van der Waals surface area contributed by atoms with Crippen LogP contribution in [-0.4, -0.2) is 49.1 Å². The summed E-state index contributed by atoms with van der Waals surface area (Å²) in [5, 5.41) is 15.9. The number of hydrogen-bond acceptors (Lipinski definition) is 4. The van der Waals surface area contributed by atoms with Crippen LogP contribution in [0.4, 0.5) is 26.3 Å². The zero-order chi connectivity index (χ0) is 31.3. The minimum Gasteiger partial charge on any atom is -0.493 e. The molecule has 0 radical (unpaired) electrons. The van der Waals surface area contributed by atoms with Crippen LogP contribution in [0.3, 0.4) is 0 Å². The molecule has 3 N–H and O–H groups in total. The van der Waals surface area contributed by atoms with Crippen molar-refractivity contribution in [2.75, 3.05) is 20.2 Å². The maximum atomic E-state index is 13.5. The lowest BCUT2D eigenvalue weighted by molar-refractivity contribution is -0.376. The molecule has 0 saturated carbocycles. The summed E-state index contributed by atoms with van der Waals surface area (Å²) in [7, 11) is 1.75. The molecule has 1 aromatic carbocycles. The van der Waals surface area contributed by atoms with Gasteiger partial charge in [0.25, 0.3) is 5.60 Å². The number of aliphatic hydroxyl groups is 1. The summed E-state index contributed by atoms with van der Waals surface area (Å²) in [5.74, 6) is 0.306. The van der Waals surface area contributed by atoms with Crippen LogP contribution in [0.25, 0.3) is 0 Å². The first-order valence-corrected chi connectivity index (χ1v) is 14.7. The lowest BCUT2D eigenvalue weighted by Crippen LogP contribution is -2.54. The number of likely N-dealkylation sites (N-methyl/N-ethyl adjacent to an activating group) is 1. The predicted octanol–water partition coefficient (Wildman–Crippen LogP) is 7.52. The normalized spacial score (nSPS) is 13.0. The first-order chi connectivity index (χ1) is 19.1. The van der Waals surface area contributed by atoms with Crippen molar-refractivity contribution in [2.45, 2.75) is 128 Å². The number of benzene rings is 1. The molecule has 1 aromatic rings. The van der Waals surface area contributed by atoms with Gasteiger partial charge in [-0.05, 0) is 69.8 Å². The highest BCUT2D eigenvalue weighted by Gasteiger charge is 2.71. The van der Waals surface area contributed by atoms with Gasteiger partial charge in [-0.3, -0.25) is 4.79 Å². The molecule has 5 nitrogen and oxygen atoms in total. The van der Waals surface area contributed by atoms with Crippen LogP contribution in [0, 0.1) is 0 Å². The summed E-state index contributed by atoms with van der Waals surface area (Å²) in [6, 6.07) is 1.60. The average Bonchev–Trinajstić information content (AvgIpc) is 2.88. The van der Waals surface area contributed by atoms with Gasteiger partial charge in [-0.25, -0.2) is 0 Å². The van der Waals surface area contributed by atoms with Crippen molar-refractivity contribution in [3.8, 4) is 5.75 Å². The second kappa shape index (κ2) is 16.6. The highest BCUT2D eigenvalue weighted by atomic mass is 19.4. The first kappa shape index (κ1) is 37.0. The van der Waals surface area contributed by atoms with Gasteiger partial charge < -0.3 is 20.5 Å². The molecule has 41 heavy (non-hydrogen) atoms. The highest BCUT2D eigenvalue weighted by molar-refractivity contribution is 5.85. The molecular weight excluding hydrogens is 550 g/mol. The van der Waals surface area contributed by atoms with Gasteiger partial charge in [0.1, 0.15) is 5.75 Å². The Hall–Kier alpha value is -2.01. The van der Waals surface area contributed by atoms with Crippen LogP contribution in [0.5, 0.6) is 5.75 Å². The summed E-state index contributed by atoms with van der Waals surface area (Å²) in [4.78, 5) is 12.0. The molecule has 0 aliphatic rings. The molecule has 0 spiro atoms. The van der Waals surface area contributed by atoms with E-state index < -0.39 is 29.1 Å². The number of carbonyl (C=O) groups is 1. The average molecular weight is 599 g/mol. The van der Waals surface area contributed by atoms with Crippen molar-refractivity contribution < 1.29 is 41.0 Å². The number of rotatable bonds is 19. The van der Waals surface area contributed by atoms with Crippen molar-refractivity contribution in [1.82, 2.24) is 10.6 Å². The quantitative estimate of drug-likeness (QED) is 0.114. The van der Waals surface area contributed by atoms with Gasteiger partial charge >= 0.3 is 12.4 Å². The summed E-state index contributed by atoms with van der Waals surface area (Å²) in [5.41, 5.74) is -6.28. The third kappa shape index (κ3) is 10.6. The lowest BCUT2D eigenvalue weighted by atomic mass is 9.87. The summed E-state index contributed by atoms with van der Waals surface area (Å²) in [6.07, 6.45) is -2.72. The second-order valence-electron chi connectivity index (χ2n) is 11.1. The summed E-state index contributed by atoms with van der Waals surface area (Å²) < 4.78 is 87.2. The number of aryl methyl sites for hydroxylation is 2. The highest BCUT2D eigenvalue weighted by Crippen LogP contribution is 2.51. The maximum absolute atomic E-state index is 13.5. The smallest absolute Gasteiger partial charge is 0.430 e. The van der Waals surface area contributed by atoms with Crippen molar-refractivity contribution in [1.29, 1.82) is 0 Å². The van der Waals surface area contributed by atoms with Crippen molar-refractivity contribution in [3.63, 3.8) is 0 Å². The third-order valence-corrected chi connectivity index (χ3v) is 7.32. The Kier molecular flexibility index (Phi) is 15.0. The Morgan fingerprint density at radius 3 is 1.66 bits per heavy atom. The van der Waals surface area contributed by atoms with Gasteiger partial charge in [0.15, 0.2) is 0 Å². The first-order valence-electron chi connectivity index (χ1n) is 14.7. The number of ether oxygens (including phenoxy) is 1. The molecule has 0 fully saturated rings. The van der Waals surface area contributed by atoms with Crippen LogP contribution in [0.1, 0.15) is 109 Å². The standard InChI is InChI=1S/C30H48F6N2O3/c1-6-16-22-20-24(28(40,29(31,32)33)30(34,35)36)21-23(17-7-2)25(22)41-19-15-13-11-9-8-10-12-14-18-38-26(39)27(3,4)37-5/h20-21,37,40H,6-19H2,1-5H3,(H,38,39). The molecule has 1 amide bonds. The van der Waals surface area contributed by atoms with E-state index in [1.807, 2.05) is 13.8 Å². The van der Waals surface area contributed by atoms with Crippen molar-refractivity contribution in [2.24, 2.45) is 0 Å². The molecule has 0 saturated heterocycles. The van der Waals surface area contributed by atoms with Crippen LogP contribution in [0.2, 0.25) is 0 Å². The Balaban J connectivity index is 2.64. The Bertz CT molecular complexity index is 891. The van der Waals surface area contributed by atoms with E-state index in [1.165, 1.54) is 0 Å². The molecule has 11 heteroatoms. The minimum absolute atomic E-state index is 0.0223. The van der Waals surface area contributed by atoms with Crippen LogP contribution >= 0.6 is 0 Å². The fraction of sp³-hybridized carbons (Fsp3) is 0.767. The van der Waals surface area contributed by atoms with Gasteiger partial charge in [0.2, 0.25) is 5.91 Å². The minimum atomic E-state index is -5.93. The van der Waals surface area contributed by atoms with E-state index in [2.05, 4.69) is 10.6 Å².